The fourth-order valence-corrected chi connectivity index (χ4v) is 6.38. The zero-order valence-corrected chi connectivity index (χ0v) is 46.1. The molecular formula is C27H20K4N4O18S4. The second kappa shape index (κ2) is 28.0. The molecule has 0 radical (unpaired) electrons. The Kier molecular flexibility index (Phi) is 29.0. The number of allylic oxidation sites excluding steroid dienone is 4. The minimum absolute atomic E-state index is 0. The molecule has 0 spiro atoms. The summed E-state index contributed by atoms with van der Waals surface area (Å²) in [6.45, 7) is -0.443. The molecule has 2 heterocycles. The molecule has 0 saturated heterocycles. The summed E-state index contributed by atoms with van der Waals surface area (Å²) < 4.78 is 85.6. The van der Waals surface area contributed by atoms with Crippen LogP contribution in [0.1, 0.15) is 16.1 Å². The number of amides is 1. The molecule has 22 nitrogen and oxygen atoms in total. The first-order valence-corrected chi connectivity index (χ1v) is 18.0. The average Bonchev–Trinajstić information content (AvgIpc) is 3.62. The van der Waals surface area contributed by atoms with Crippen molar-refractivity contribution in [1.29, 1.82) is 0 Å². The molecule has 1 N–H and O–H groups in total. The van der Waals surface area contributed by atoms with E-state index in [0.717, 1.165) is 49.6 Å². The number of hydrazone groups is 1. The minimum Gasteiger partial charge on any atom is -0.744 e. The monoisotopic (exact) mass is 972 g/mol. The Morgan fingerprint density at radius 3 is 1.91 bits per heavy atom. The van der Waals surface area contributed by atoms with Crippen LogP contribution < -0.4 is 221 Å². The summed E-state index contributed by atoms with van der Waals surface area (Å²) in [6, 6.07) is 5.93. The zero-order chi connectivity index (χ0) is 38.9. The number of benzene rings is 2. The van der Waals surface area contributed by atoms with Gasteiger partial charge in [0, 0.05) is 9.79 Å². The summed E-state index contributed by atoms with van der Waals surface area (Å²) in [7, 11) is -8.20. The molecule has 0 atom stereocenters. The summed E-state index contributed by atoms with van der Waals surface area (Å²) in [5, 5.41) is 46.6. The molecule has 3 aromatic rings. The second-order valence-corrected chi connectivity index (χ2v) is 13.8. The van der Waals surface area contributed by atoms with Gasteiger partial charge in [-0.15, -0.1) is 0 Å². The van der Waals surface area contributed by atoms with E-state index in [1.54, 1.807) is 0 Å². The molecule has 284 valence electrons. The van der Waals surface area contributed by atoms with Gasteiger partial charge in [-0.1, -0.05) is 18.2 Å². The van der Waals surface area contributed by atoms with Crippen LogP contribution in [0, 0.1) is 0 Å². The minimum atomic E-state index is -5.19. The summed E-state index contributed by atoms with van der Waals surface area (Å²) in [5.41, 5.74) is -2.18. The Hall–Kier alpha value is 2.03. The molecule has 0 fully saturated rings. The van der Waals surface area contributed by atoms with E-state index in [2.05, 4.69) is 33.8 Å². The second-order valence-electron chi connectivity index (χ2n) is 9.51. The molecular weight excluding hydrogens is 953 g/mol. The van der Waals surface area contributed by atoms with Crippen LogP contribution in [-0.4, -0.2) is 79.2 Å². The maximum atomic E-state index is 13.5. The van der Waals surface area contributed by atoms with Gasteiger partial charge >= 0.3 is 212 Å². The largest absolute Gasteiger partial charge is 1.00 e. The van der Waals surface area contributed by atoms with E-state index in [-0.39, 0.29) is 232 Å². The number of anilines is 1. The number of methoxy groups -OCH3 is 1. The fourth-order valence-electron chi connectivity index (χ4n) is 4.33. The van der Waals surface area contributed by atoms with Crippen molar-refractivity contribution in [1.82, 2.24) is 9.78 Å². The van der Waals surface area contributed by atoms with Crippen molar-refractivity contribution in [3.8, 4) is 11.6 Å². The molecule has 57 heavy (non-hydrogen) atoms. The maximum Gasteiger partial charge on any atom is 1.00 e. The van der Waals surface area contributed by atoms with Crippen molar-refractivity contribution in [2.24, 2.45) is 5.10 Å². The predicted octanol–water partition coefficient (Wildman–Crippen LogP) is -11.9. The first-order valence-electron chi connectivity index (χ1n) is 13.7. The summed E-state index contributed by atoms with van der Waals surface area (Å²) in [5.74, 6) is -2.87. The molecule has 2 aromatic carbocycles. The Bertz CT molecular complexity index is 2240. The van der Waals surface area contributed by atoms with Crippen LogP contribution in [-0.2, 0) is 58.3 Å². The van der Waals surface area contributed by atoms with Gasteiger partial charge in [0.1, 0.15) is 32.6 Å². The number of hydrogen-bond acceptors (Lipinski definition) is 22. The van der Waals surface area contributed by atoms with Crippen LogP contribution in [0.25, 0.3) is 11.8 Å². The third-order valence-corrected chi connectivity index (χ3v) is 9.37. The standard InChI is InChI=1S/C27H24N4O18S4.4K/c1-43-27(34)24-18(26(33)31(29-24)21-13-16(51-49-47-36)9-11-23(21)53(40,41)42)7-5-3-4-6-17-19(14-45-44-2)28-30(25(17)32)20-12-15(50-48-46-35)8-10-22(20)52(37,38)39;;;;/h3-13,33,35-36H,14H2,1-2H3,(H,37,38,39)(H,40,41,42);;;;/q;4*+1/p-4/b4-3+,7-5+,17-6+;;;;. The number of aromatic hydroxyl groups is 1. The zero-order valence-electron chi connectivity index (χ0n) is 30.4. The number of carbonyl (C=O) groups is 2. The number of carbonyl (C=O) groups excluding carboxylic acids is 2. The smallest absolute Gasteiger partial charge is 0.744 e. The summed E-state index contributed by atoms with van der Waals surface area (Å²) >= 11 is 0.675. The number of nitrogens with zero attached hydrogens (tertiary/aromatic N) is 4. The summed E-state index contributed by atoms with van der Waals surface area (Å²) in [6.07, 6.45) is 6.13. The Labute approximate surface area is 502 Å². The topological polar surface area (TPSA) is 313 Å². The number of rotatable bonds is 17. The SMILES string of the molecule is COOCC1=NN(c2cc(SOO[O-])ccc2S(=O)(=O)[O-])C(=O)/C1=C/C=C/C=C/c1c(C(=O)OC)nn(-c2cc(SOO[O-])ccc2S(=O)(=O)[O-])c1O.[K+].[K+].[K+].[K+]. The third kappa shape index (κ3) is 16.2. The molecule has 0 saturated carbocycles. The maximum absolute atomic E-state index is 13.5. The number of ether oxygens (including phenoxy) is 1. The number of hydrogen-bond donors (Lipinski definition) is 1. The summed E-state index contributed by atoms with van der Waals surface area (Å²) in [4.78, 5) is 33.8. The Morgan fingerprint density at radius 2 is 1.40 bits per heavy atom. The van der Waals surface area contributed by atoms with Crippen LogP contribution in [0.5, 0.6) is 5.88 Å². The van der Waals surface area contributed by atoms with Crippen molar-refractivity contribution in [3.05, 3.63) is 77.5 Å². The van der Waals surface area contributed by atoms with Gasteiger partial charge in [0.25, 0.3) is 5.91 Å². The van der Waals surface area contributed by atoms with Gasteiger partial charge in [-0.2, -0.15) is 28.6 Å². The van der Waals surface area contributed by atoms with E-state index in [9.17, 15) is 51.2 Å². The van der Waals surface area contributed by atoms with E-state index in [4.69, 9.17) is 9.62 Å². The normalized spacial score (nSPS) is 13.6. The van der Waals surface area contributed by atoms with Crippen LogP contribution in [0.15, 0.2) is 91.0 Å². The Balaban J connectivity index is 0.00000784. The van der Waals surface area contributed by atoms with Crippen LogP contribution in [0.2, 0.25) is 0 Å². The molecule has 30 heteroatoms. The van der Waals surface area contributed by atoms with E-state index >= 15 is 0 Å². The van der Waals surface area contributed by atoms with Gasteiger partial charge in [-0.3, -0.25) is 14.9 Å². The van der Waals surface area contributed by atoms with Gasteiger partial charge in [0.05, 0.1) is 70.6 Å². The quantitative estimate of drug-likeness (QED) is 0.0192. The molecule has 0 aliphatic carbocycles. The molecule has 0 unspecified atom stereocenters. The first-order chi connectivity index (χ1) is 25.2. The third-order valence-electron chi connectivity index (χ3n) is 6.46. The van der Waals surface area contributed by atoms with E-state index in [0.29, 0.717) is 33.8 Å². The van der Waals surface area contributed by atoms with E-state index in [1.807, 2.05) is 0 Å². The molecule has 4 rings (SSSR count). The predicted molar refractivity (Wildman–Crippen MR) is 169 cm³/mol. The van der Waals surface area contributed by atoms with Gasteiger partial charge in [0.15, 0.2) is 5.69 Å². The molecule has 1 aliphatic heterocycles. The van der Waals surface area contributed by atoms with Crippen molar-refractivity contribution < 1.29 is 290 Å². The molecule has 1 aliphatic rings. The molecule has 0 bridgehead atoms. The molecule has 1 amide bonds. The van der Waals surface area contributed by atoms with Crippen molar-refractivity contribution in [2.45, 2.75) is 19.6 Å². The van der Waals surface area contributed by atoms with E-state index < -0.39 is 71.5 Å². The Morgan fingerprint density at radius 1 is 0.860 bits per heavy atom. The van der Waals surface area contributed by atoms with Crippen molar-refractivity contribution in [2.75, 3.05) is 25.8 Å². The van der Waals surface area contributed by atoms with Crippen LogP contribution >= 0.6 is 24.1 Å². The van der Waals surface area contributed by atoms with Gasteiger partial charge in [-0.05, 0) is 48.6 Å². The van der Waals surface area contributed by atoms with Crippen molar-refractivity contribution in [3.63, 3.8) is 0 Å². The number of aromatic nitrogens is 2. The van der Waals surface area contributed by atoms with Gasteiger partial charge in [0.2, 0.25) is 5.88 Å². The van der Waals surface area contributed by atoms with Gasteiger partial charge in [-0.25, -0.2) is 31.4 Å². The number of esters is 1. The first kappa shape index (κ1) is 59.0. The van der Waals surface area contributed by atoms with Crippen molar-refractivity contribution >= 4 is 73.7 Å². The van der Waals surface area contributed by atoms with Gasteiger partial charge < -0.3 is 29.5 Å². The fraction of sp³-hybridized carbons (Fsp3) is 0.111. The van der Waals surface area contributed by atoms with E-state index in [1.165, 1.54) is 31.4 Å². The van der Waals surface area contributed by atoms with Crippen LogP contribution in [0.4, 0.5) is 5.69 Å². The molecule has 1 aromatic heterocycles. The average molecular weight is 973 g/mol. The van der Waals surface area contributed by atoms with Crippen LogP contribution in [0.3, 0.4) is 0 Å².